The Kier molecular flexibility index (Phi) is 3.26. The van der Waals surface area contributed by atoms with Crippen LogP contribution < -0.4 is 4.90 Å². The summed E-state index contributed by atoms with van der Waals surface area (Å²) in [6.07, 6.45) is 0. The largest absolute Gasteiger partial charge is 0.341 e. The van der Waals surface area contributed by atoms with Crippen molar-refractivity contribution in [2.75, 3.05) is 18.0 Å². The second kappa shape index (κ2) is 4.01. The van der Waals surface area contributed by atoms with E-state index in [1.165, 1.54) is 11.5 Å². The van der Waals surface area contributed by atoms with Crippen LogP contribution in [0.15, 0.2) is 3.92 Å². The number of aromatic nitrogens is 2. The number of hydrogen-bond donors (Lipinski definition) is 0. The molecule has 1 aromatic rings. The summed E-state index contributed by atoms with van der Waals surface area (Å²) in [5.41, 5.74) is 0. The molecule has 0 saturated heterocycles. The number of rotatable bonds is 3. The highest BCUT2D eigenvalue weighted by Gasteiger charge is 2.06. The quantitative estimate of drug-likeness (QED) is 0.805. The maximum atomic E-state index is 4.20. The molecular formula is C6H10BrN3S. The lowest BCUT2D eigenvalue weighted by molar-refractivity contribution is 0.834. The fourth-order valence-corrected chi connectivity index (χ4v) is 1.64. The Morgan fingerprint density at radius 3 is 2.45 bits per heavy atom. The normalized spacial score (nSPS) is 10.1. The average Bonchev–Trinajstić information content (AvgIpc) is 2.39. The van der Waals surface area contributed by atoms with E-state index in [1.807, 2.05) is 0 Å². The monoisotopic (exact) mass is 235 g/mol. The van der Waals surface area contributed by atoms with Gasteiger partial charge < -0.3 is 4.90 Å². The van der Waals surface area contributed by atoms with Gasteiger partial charge >= 0.3 is 0 Å². The van der Waals surface area contributed by atoms with Gasteiger partial charge in [0.25, 0.3) is 0 Å². The molecule has 5 heteroatoms. The Morgan fingerprint density at radius 1 is 1.45 bits per heavy atom. The Balaban J connectivity index is 2.73. The molecular weight excluding hydrogens is 226 g/mol. The van der Waals surface area contributed by atoms with Gasteiger partial charge in [0.2, 0.25) is 5.95 Å². The summed E-state index contributed by atoms with van der Waals surface area (Å²) in [5.74, 6) is 0.826. The predicted octanol–water partition coefficient (Wildman–Crippen LogP) is 2.15. The average molecular weight is 236 g/mol. The molecule has 62 valence electrons. The van der Waals surface area contributed by atoms with Gasteiger partial charge in [-0.25, -0.2) is 0 Å². The molecule has 0 atom stereocenters. The molecule has 0 fully saturated rings. The summed E-state index contributed by atoms with van der Waals surface area (Å²) in [6, 6.07) is 0. The molecule has 0 spiro atoms. The van der Waals surface area contributed by atoms with Gasteiger partial charge in [0.05, 0.1) is 0 Å². The van der Waals surface area contributed by atoms with Crippen molar-refractivity contribution in [2.45, 2.75) is 13.8 Å². The van der Waals surface area contributed by atoms with E-state index in [0.29, 0.717) is 0 Å². The lowest BCUT2D eigenvalue weighted by atomic mass is 10.5. The van der Waals surface area contributed by atoms with Crippen molar-refractivity contribution in [1.29, 1.82) is 0 Å². The highest BCUT2D eigenvalue weighted by Crippen LogP contribution is 2.17. The molecule has 0 radical (unpaired) electrons. The van der Waals surface area contributed by atoms with Gasteiger partial charge in [-0.2, -0.15) is 9.36 Å². The zero-order valence-electron chi connectivity index (χ0n) is 6.54. The van der Waals surface area contributed by atoms with Crippen molar-refractivity contribution in [1.82, 2.24) is 9.36 Å². The minimum Gasteiger partial charge on any atom is -0.341 e. The van der Waals surface area contributed by atoms with Crippen LogP contribution in [0.3, 0.4) is 0 Å². The van der Waals surface area contributed by atoms with Crippen molar-refractivity contribution in [2.24, 2.45) is 0 Å². The smallest absolute Gasteiger partial charge is 0.238 e. The van der Waals surface area contributed by atoms with Gasteiger partial charge in [-0.1, -0.05) is 0 Å². The molecule has 0 saturated carbocycles. The summed E-state index contributed by atoms with van der Waals surface area (Å²) in [4.78, 5) is 6.32. The standard InChI is InChI=1S/C6H10BrN3S/c1-3-10(4-2)6-8-5(7)11-9-6/h3-4H2,1-2H3. The maximum Gasteiger partial charge on any atom is 0.238 e. The van der Waals surface area contributed by atoms with Crippen molar-refractivity contribution in [3.63, 3.8) is 0 Å². The summed E-state index contributed by atoms with van der Waals surface area (Å²) >= 11 is 4.65. The Hall–Kier alpha value is -0.160. The minimum absolute atomic E-state index is 0.826. The third kappa shape index (κ3) is 2.13. The number of hydrogen-bond acceptors (Lipinski definition) is 4. The molecule has 0 aliphatic heterocycles. The first-order valence-corrected chi connectivity index (χ1v) is 5.08. The molecule has 3 nitrogen and oxygen atoms in total. The van der Waals surface area contributed by atoms with E-state index in [4.69, 9.17) is 0 Å². The summed E-state index contributed by atoms with van der Waals surface area (Å²) in [5, 5.41) is 0. The third-order valence-corrected chi connectivity index (χ3v) is 2.54. The molecule has 0 bridgehead atoms. The topological polar surface area (TPSA) is 29.0 Å². The van der Waals surface area contributed by atoms with Crippen molar-refractivity contribution in [3.8, 4) is 0 Å². The van der Waals surface area contributed by atoms with E-state index in [1.54, 1.807) is 0 Å². The molecule has 0 unspecified atom stereocenters. The molecule has 0 N–H and O–H groups in total. The van der Waals surface area contributed by atoms with Crippen LogP contribution >= 0.6 is 27.5 Å². The van der Waals surface area contributed by atoms with E-state index in [0.717, 1.165) is 23.0 Å². The lowest BCUT2D eigenvalue weighted by Gasteiger charge is -2.14. The van der Waals surface area contributed by atoms with Crippen LogP contribution in [0.5, 0.6) is 0 Å². The summed E-state index contributed by atoms with van der Waals surface area (Å²) < 4.78 is 5.01. The minimum atomic E-state index is 0.826. The Morgan fingerprint density at radius 2 is 2.09 bits per heavy atom. The number of nitrogens with zero attached hydrogens (tertiary/aromatic N) is 3. The summed E-state index contributed by atoms with van der Waals surface area (Å²) in [7, 11) is 0. The first-order chi connectivity index (χ1) is 5.27. The molecule has 1 aromatic heterocycles. The third-order valence-electron chi connectivity index (χ3n) is 1.44. The molecule has 0 aliphatic carbocycles. The van der Waals surface area contributed by atoms with Gasteiger partial charge in [0, 0.05) is 13.1 Å². The van der Waals surface area contributed by atoms with Gasteiger partial charge in [-0.05, 0) is 41.3 Å². The first-order valence-electron chi connectivity index (χ1n) is 3.52. The van der Waals surface area contributed by atoms with Gasteiger partial charge in [0.1, 0.15) is 0 Å². The SMILES string of the molecule is CCN(CC)c1nsc(Br)n1. The van der Waals surface area contributed by atoms with Gasteiger partial charge in [-0.3, -0.25) is 0 Å². The van der Waals surface area contributed by atoms with Crippen LogP contribution in [0.4, 0.5) is 5.95 Å². The van der Waals surface area contributed by atoms with E-state index < -0.39 is 0 Å². The fraction of sp³-hybridized carbons (Fsp3) is 0.667. The van der Waals surface area contributed by atoms with Crippen LogP contribution in [0, 0.1) is 0 Å². The summed E-state index contributed by atoms with van der Waals surface area (Å²) in [6.45, 7) is 6.11. The molecule has 1 rings (SSSR count). The van der Waals surface area contributed by atoms with Gasteiger partial charge in [-0.15, -0.1) is 0 Å². The highest BCUT2D eigenvalue weighted by atomic mass is 79.9. The Labute approximate surface area is 78.7 Å². The molecule has 0 aliphatic rings. The van der Waals surface area contributed by atoms with Gasteiger partial charge in [0.15, 0.2) is 3.92 Å². The second-order valence-electron chi connectivity index (χ2n) is 2.02. The van der Waals surface area contributed by atoms with Crippen LogP contribution in [0.2, 0.25) is 0 Å². The predicted molar refractivity (Wildman–Crippen MR) is 51.2 cm³/mol. The first kappa shape index (κ1) is 8.93. The van der Waals surface area contributed by atoms with E-state index in [-0.39, 0.29) is 0 Å². The van der Waals surface area contributed by atoms with E-state index in [9.17, 15) is 0 Å². The fourth-order valence-electron chi connectivity index (χ4n) is 0.833. The molecule has 1 heterocycles. The molecule has 0 amide bonds. The lowest BCUT2D eigenvalue weighted by Crippen LogP contribution is -2.22. The van der Waals surface area contributed by atoms with Crippen LogP contribution in [0.1, 0.15) is 13.8 Å². The molecule has 11 heavy (non-hydrogen) atoms. The number of halogens is 1. The van der Waals surface area contributed by atoms with Crippen molar-refractivity contribution in [3.05, 3.63) is 3.92 Å². The zero-order valence-corrected chi connectivity index (χ0v) is 8.94. The van der Waals surface area contributed by atoms with Crippen LogP contribution in [-0.2, 0) is 0 Å². The van der Waals surface area contributed by atoms with E-state index >= 15 is 0 Å². The van der Waals surface area contributed by atoms with Crippen molar-refractivity contribution < 1.29 is 0 Å². The zero-order chi connectivity index (χ0) is 8.27. The molecule has 0 aromatic carbocycles. The second-order valence-corrected chi connectivity index (χ2v) is 4.05. The number of anilines is 1. The van der Waals surface area contributed by atoms with Crippen molar-refractivity contribution >= 4 is 33.4 Å². The van der Waals surface area contributed by atoms with E-state index in [2.05, 4.69) is 44.0 Å². The highest BCUT2D eigenvalue weighted by molar-refractivity contribution is 9.11. The van der Waals surface area contributed by atoms with Crippen LogP contribution in [0.25, 0.3) is 0 Å². The Bertz CT molecular complexity index is 221. The maximum absolute atomic E-state index is 4.20. The van der Waals surface area contributed by atoms with Crippen LogP contribution in [-0.4, -0.2) is 22.4 Å².